The first kappa shape index (κ1) is 24.7. The van der Waals surface area contributed by atoms with E-state index in [9.17, 15) is 24.8 Å². The molecule has 0 spiro atoms. The number of fused-ring (bicyclic) bond motifs is 1. The zero-order chi connectivity index (χ0) is 27.0. The third-order valence-corrected chi connectivity index (χ3v) is 6.69. The Bertz CT molecular complexity index is 1610. The number of Topliss-reactive ketones (excluding diaryl/α,β-unsaturated/α-hetero) is 1. The van der Waals surface area contributed by atoms with Crippen molar-refractivity contribution in [1.82, 2.24) is 9.88 Å². The Labute approximate surface area is 215 Å². The van der Waals surface area contributed by atoms with E-state index in [-0.39, 0.29) is 28.9 Å². The summed E-state index contributed by atoms with van der Waals surface area (Å²) in [5.41, 5.74) is 1.39. The van der Waals surface area contributed by atoms with Gasteiger partial charge in [-0.15, -0.1) is 0 Å². The molecule has 3 aromatic carbocycles. The van der Waals surface area contributed by atoms with Gasteiger partial charge in [-0.25, -0.2) is 4.39 Å². The van der Waals surface area contributed by atoms with E-state index >= 15 is 4.39 Å². The van der Waals surface area contributed by atoms with Gasteiger partial charge in [-0.2, -0.15) is 0 Å². The molecule has 4 aromatic rings. The number of nitrogens with zero attached hydrogens (tertiary/aromatic N) is 2. The molecule has 0 saturated carbocycles. The summed E-state index contributed by atoms with van der Waals surface area (Å²) in [6, 6.07) is 15.0. The van der Waals surface area contributed by atoms with Crippen molar-refractivity contribution in [1.29, 1.82) is 0 Å². The van der Waals surface area contributed by atoms with Crippen LogP contribution in [0.25, 0.3) is 16.7 Å². The molecule has 1 aliphatic rings. The van der Waals surface area contributed by atoms with E-state index in [1.54, 1.807) is 19.4 Å². The van der Waals surface area contributed by atoms with Gasteiger partial charge in [-0.3, -0.25) is 19.7 Å². The van der Waals surface area contributed by atoms with Gasteiger partial charge in [-0.05, 0) is 48.4 Å². The summed E-state index contributed by atoms with van der Waals surface area (Å²) in [6.45, 7) is 0.0603. The van der Waals surface area contributed by atoms with Crippen molar-refractivity contribution in [3.63, 3.8) is 0 Å². The average Bonchev–Trinajstić information content (AvgIpc) is 3.44. The minimum Gasteiger partial charge on any atom is -0.507 e. The molecule has 1 atom stereocenters. The number of nitrogens with one attached hydrogen (secondary N) is 1. The molecule has 1 amide bonds. The number of aliphatic hydroxyl groups excluding tert-OH is 1. The molecule has 1 saturated heterocycles. The standard InChI is InChI=1S/C28H22FN3O6/c1-38-19-10-11-23-21(14-19)17(15-30-23)12-13-31-25(20-4-2-3-5-22(20)29)24(27(34)28(31)35)26(33)16-6-8-18(9-7-16)32(36)37/h2-11,14-15,25,30,33H,12-13H2,1H3/t25-/m0/s1. The third kappa shape index (κ3) is 4.26. The minimum absolute atomic E-state index is 0.0516. The van der Waals surface area contributed by atoms with Gasteiger partial charge in [0.1, 0.15) is 17.3 Å². The number of hydrogen-bond acceptors (Lipinski definition) is 6. The molecular formula is C28H22FN3O6. The van der Waals surface area contributed by atoms with Crippen LogP contribution >= 0.6 is 0 Å². The van der Waals surface area contributed by atoms with E-state index in [1.165, 1.54) is 47.4 Å². The van der Waals surface area contributed by atoms with Gasteiger partial charge in [0.25, 0.3) is 17.4 Å². The Morgan fingerprint density at radius 2 is 1.87 bits per heavy atom. The first-order chi connectivity index (χ1) is 18.3. The van der Waals surface area contributed by atoms with Crippen LogP contribution in [-0.2, 0) is 16.0 Å². The van der Waals surface area contributed by atoms with Crippen LogP contribution in [0, 0.1) is 15.9 Å². The number of ether oxygens (including phenoxy) is 1. The van der Waals surface area contributed by atoms with E-state index in [2.05, 4.69) is 4.98 Å². The zero-order valence-electron chi connectivity index (χ0n) is 20.2. The van der Waals surface area contributed by atoms with E-state index in [0.29, 0.717) is 12.2 Å². The number of H-pyrrole nitrogens is 1. The molecule has 2 heterocycles. The monoisotopic (exact) mass is 515 g/mol. The summed E-state index contributed by atoms with van der Waals surface area (Å²) < 4.78 is 20.3. The lowest BCUT2D eigenvalue weighted by Gasteiger charge is -2.25. The van der Waals surface area contributed by atoms with Gasteiger partial charge in [0.05, 0.1) is 23.6 Å². The normalized spacial score (nSPS) is 16.8. The highest BCUT2D eigenvalue weighted by Gasteiger charge is 2.46. The van der Waals surface area contributed by atoms with E-state index < -0.39 is 34.2 Å². The SMILES string of the molecule is COc1ccc2[nH]cc(CCN3C(=O)C(=O)C(=C(O)c4ccc([N+](=O)[O-])cc4)[C@@H]3c3ccccc3F)c2c1. The summed E-state index contributed by atoms with van der Waals surface area (Å²) in [5, 5.41) is 23.0. The second-order valence-corrected chi connectivity index (χ2v) is 8.79. The van der Waals surface area contributed by atoms with Crippen LogP contribution < -0.4 is 4.74 Å². The molecule has 1 aromatic heterocycles. The number of hydrogen-bond donors (Lipinski definition) is 2. The van der Waals surface area contributed by atoms with Crippen LogP contribution in [0.3, 0.4) is 0 Å². The fraction of sp³-hybridized carbons (Fsp3) is 0.143. The summed E-state index contributed by atoms with van der Waals surface area (Å²) in [4.78, 5) is 41.2. The van der Waals surface area contributed by atoms with Crippen LogP contribution in [0.15, 0.2) is 78.5 Å². The first-order valence-corrected chi connectivity index (χ1v) is 11.7. The van der Waals surface area contributed by atoms with Crippen molar-refractivity contribution < 1.29 is 28.7 Å². The van der Waals surface area contributed by atoms with Crippen molar-refractivity contribution in [3.05, 3.63) is 111 Å². The van der Waals surface area contributed by atoms with Gasteiger partial charge in [0, 0.05) is 46.9 Å². The number of aromatic nitrogens is 1. The molecule has 192 valence electrons. The number of nitro groups is 1. The van der Waals surface area contributed by atoms with Gasteiger partial charge in [0.15, 0.2) is 0 Å². The molecule has 9 nitrogen and oxygen atoms in total. The van der Waals surface area contributed by atoms with Crippen LogP contribution in [0.5, 0.6) is 5.75 Å². The number of methoxy groups -OCH3 is 1. The van der Waals surface area contributed by atoms with Crippen molar-refractivity contribution in [2.24, 2.45) is 0 Å². The zero-order valence-corrected chi connectivity index (χ0v) is 20.2. The maximum atomic E-state index is 15.0. The number of likely N-dealkylation sites (tertiary alicyclic amines) is 1. The van der Waals surface area contributed by atoms with Crippen molar-refractivity contribution in [3.8, 4) is 5.75 Å². The molecule has 10 heteroatoms. The van der Waals surface area contributed by atoms with Crippen molar-refractivity contribution in [2.45, 2.75) is 12.5 Å². The Balaban J connectivity index is 1.56. The average molecular weight is 515 g/mol. The molecule has 0 unspecified atom stereocenters. The maximum absolute atomic E-state index is 15.0. The number of aliphatic hydroxyl groups is 1. The lowest BCUT2D eigenvalue weighted by molar-refractivity contribution is -0.384. The highest BCUT2D eigenvalue weighted by Crippen LogP contribution is 2.40. The second-order valence-electron chi connectivity index (χ2n) is 8.79. The molecular weight excluding hydrogens is 493 g/mol. The minimum atomic E-state index is -1.19. The number of carbonyl (C=O) groups is 2. The van der Waals surface area contributed by atoms with E-state index in [0.717, 1.165) is 16.5 Å². The first-order valence-electron chi connectivity index (χ1n) is 11.7. The Morgan fingerprint density at radius 1 is 1.13 bits per heavy atom. The molecule has 2 N–H and O–H groups in total. The summed E-state index contributed by atoms with van der Waals surface area (Å²) in [5.74, 6) is -2.36. The second kappa shape index (κ2) is 9.81. The number of halogens is 1. The Morgan fingerprint density at radius 3 is 2.55 bits per heavy atom. The van der Waals surface area contributed by atoms with Crippen molar-refractivity contribution in [2.75, 3.05) is 13.7 Å². The number of non-ortho nitro benzene ring substituents is 1. The fourth-order valence-corrected chi connectivity index (χ4v) is 4.76. The van der Waals surface area contributed by atoms with E-state index in [1.807, 2.05) is 18.2 Å². The topological polar surface area (TPSA) is 126 Å². The molecule has 0 aliphatic carbocycles. The number of rotatable bonds is 7. The van der Waals surface area contributed by atoms with Crippen LogP contribution in [0.1, 0.15) is 22.7 Å². The number of benzene rings is 3. The van der Waals surface area contributed by atoms with Gasteiger partial charge in [0.2, 0.25) is 0 Å². The Kier molecular flexibility index (Phi) is 6.38. The molecule has 1 fully saturated rings. The fourth-order valence-electron chi connectivity index (χ4n) is 4.76. The molecule has 0 radical (unpaired) electrons. The number of ketones is 1. The lowest BCUT2D eigenvalue weighted by Crippen LogP contribution is -2.32. The number of nitro benzene ring substituents is 1. The predicted molar refractivity (Wildman–Crippen MR) is 137 cm³/mol. The molecule has 1 aliphatic heterocycles. The smallest absolute Gasteiger partial charge is 0.295 e. The highest BCUT2D eigenvalue weighted by molar-refractivity contribution is 6.46. The van der Waals surface area contributed by atoms with Gasteiger partial charge < -0.3 is 19.7 Å². The van der Waals surface area contributed by atoms with Crippen LogP contribution in [0.2, 0.25) is 0 Å². The summed E-state index contributed by atoms with van der Waals surface area (Å²) >= 11 is 0. The lowest BCUT2D eigenvalue weighted by atomic mass is 9.94. The number of carbonyl (C=O) groups excluding carboxylic acids is 2. The quantitative estimate of drug-likeness (QED) is 0.119. The number of aromatic amines is 1. The largest absolute Gasteiger partial charge is 0.507 e. The van der Waals surface area contributed by atoms with Crippen molar-refractivity contribution >= 4 is 34.0 Å². The molecule has 0 bridgehead atoms. The highest BCUT2D eigenvalue weighted by atomic mass is 19.1. The molecule has 5 rings (SSSR count). The number of amides is 1. The molecule has 38 heavy (non-hydrogen) atoms. The Hall–Kier alpha value is -4.99. The van der Waals surface area contributed by atoms with Gasteiger partial charge >= 0.3 is 0 Å². The van der Waals surface area contributed by atoms with Gasteiger partial charge in [-0.1, -0.05) is 18.2 Å². The summed E-state index contributed by atoms with van der Waals surface area (Å²) in [6.07, 6.45) is 2.14. The van der Waals surface area contributed by atoms with Crippen LogP contribution in [-0.4, -0.2) is 45.3 Å². The maximum Gasteiger partial charge on any atom is 0.295 e. The van der Waals surface area contributed by atoms with E-state index in [4.69, 9.17) is 4.74 Å². The predicted octanol–water partition coefficient (Wildman–Crippen LogP) is 4.89. The summed E-state index contributed by atoms with van der Waals surface area (Å²) in [7, 11) is 1.56. The van der Waals surface area contributed by atoms with Crippen LogP contribution in [0.4, 0.5) is 10.1 Å². The third-order valence-electron chi connectivity index (χ3n) is 6.69.